The van der Waals surface area contributed by atoms with E-state index in [1.165, 1.54) is 12.1 Å². The molecule has 0 amide bonds. The van der Waals surface area contributed by atoms with Crippen LogP contribution < -0.4 is 0 Å². The molecule has 3 aromatic heterocycles. The third-order valence-corrected chi connectivity index (χ3v) is 2.94. The largest absolute Gasteiger partial charge is 0.273 e. The lowest BCUT2D eigenvalue weighted by Crippen LogP contribution is -1.94. The minimum Gasteiger partial charge on any atom is -0.264 e. The van der Waals surface area contributed by atoms with E-state index in [0.717, 1.165) is 11.1 Å². The lowest BCUT2D eigenvalue weighted by Gasteiger charge is -2.05. The quantitative estimate of drug-likeness (QED) is 0.543. The van der Waals surface area contributed by atoms with Gasteiger partial charge in [0.15, 0.2) is 0 Å². The minimum atomic E-state index is -0.429. The first-order valence-electron chi connectivity index (χ1n) is 6.21. The van der Waals surface area contributed by atoms with E-state index in [0.29, 0.717) is 11.4 Å². The van der Waals surface area contributed by atoms with Gasteiger partial charge in [0.05, 0.1) is 16.3 Å². The van der Waals surface area contributed by atoms with Gasteiger partial charge < -0.3 is 0 Å². The van der Waals surface area contributed by atoms with E-state index in [1.807, 2.05) is 12.1 Å². The Morgan fingerprint density at radius 2 is 1.43 bits per heavy atom. The molecule has 0 unspecified atom stereocenters. The molecule has 3 heterocycles. The Morgan fingerprint density at radius 1 is 0.905 bits per heavy atom. The van der Waals surface area contributed by atoms with Crippen LogP contribution in [0.25, 0.3) is 22.5 Å². The highest BCUT2D eigenvalue weighted by atomic mass is 16.6. The Labute approximate surface area is 120 Å². The normalized spacial score (nSPS) is 10.3. The lowest BCUT2D eigenvalue weighted by atomic mass is 10.1. The molecule has 0 N–H and O–H groups in total. The maximum atomic E-state index is 11.1. The molecule has 3 aromatic rings. The standard InChI is InChI=1S/C15H10N4O2/c20-19(21)13-7-14(11-3-1-5-16-9-11)18-15(8-13)12-4-2-6-17-10-12/h1-10H. The smallest absolute Gasteiger partial charge is 0.264 e. The third kappa shape index (κ3) is 2.74. The fourth-order valence-electron chi connectivity index (χ4n) is 1.95. The molecular weight excluding hydrogens is 268 g/mol. The van der Waals surface area contributed by atoms with Gasteiger partial charge in [-0.25, -0.2) is 4.98 Å². The second-order valence-corrected chi connectivity index (χ2v) is 4.34. The van der Waals surface area contributed by atoms with Crippen LogP contribution >= 0.6 is 0 Å². The maximum absolute atomic E-state index is 11.1. The van der Waals surface area contributed by atoms with Crippen LogP contribution in [-0.2, 0) is 0 Å². The molecule has 0 atom stereocenters. The van der Waals surface area contributed by atoms with Gasteiger partial charge in [-0.15, -0.1) is 0 Å². The molecule has 6 nitrogen and oxygen atoms in total. The first-order valence-corrected chi connectivity index (χ1v) is 6.21. The van der Waals surface area contributed by atoms with Gasteiger partial charge >= 0.3 is 0 Å². The summed E-state index contributed by atoms with van der Waals surface area (Å²) in [6.45, 7) is 0. The number of pyridine rings is 3. The van der Waals surface area contributed by atoms with E-state index in [2.05, 4.69) is 15.0 Å². The van der Waals surface area contributed by atoms with Crippen molar-refractivity contribution in [3.05, 3.63) is 71.3 Å². The molecule has 0 aromatic carbocycles. The molecule has 21 heavy (non-hydrogen) atoms. The second kappa shape index (κ2) is 5.46. The summed E-state index contributed by atoms with van der Waals surface area (Å²) in [6.07, 6.45) is 6.53. The van der Waals surface area contributed by atoms with E-state index in [-0.39, 0.29) is 5.69 Å². The Morgan fingerprint density at radius 3 is 1.81 bits per heavy atom. The number of nitrogens with zero attached hydrogens (tertiary/aromatic N) is 4. The molecule has 0 radical (unpaired) electrons. The summed E-state index contributed by atoms with van der Waals surface area (Å²) in [6, 6.07) is 10.0. The highest BCUT2D eigenvalue weighted by Crippen LogP contribution is 2.27. The first-order chi connectivity index (χ1) is 10.2. The number of nitro groups is 1. The monoisotopic (exact) mass is 278 g/mol. The Bertz CT molecular complexity index is 718. The number of rotatable bonds is 3. The van der Waals surface area contributed by atoms with Gasteiger partial charge in [0.25, 0.3) is 5.69 Å². The van der Waals surface area contributed by atoms with Crippen LogP contribution in [-0.4, -0.2) is 19.9 Å². The predicted molar refractivity (Wildman–Crippen MR) is 77.4 cm³/mol. The zero-order valence-electron chi connectivity index (χ0n) is 10.9. The van der Waals surface area contributed by atoms with Crippen molar-refractivity contribution in [1.82, 2.24) is 15.0 Å². The van der Waals surface area contributed by atoms with E-state index in [9.17, 15) is 10.1 Å². The molecule has 0 bridgehead atoms. The molecule has 6 heteroatoms. The van der Waals surface area contributed by atoms with Gasteiger partial charge in [-0.2, -0.15) is 0 Å². The lowest BCUT2D eigenvalue weighted by molar-refractivity contribution is -0.384. The number of hydrogen-bond acceptors (Lipinski definition) is 5. The van der Waals surface area contributed by atoms with E-state index in [1.54, 1.807) is 36.9 Å². The third-order valence-electron chi connectivity index (χ3n) is 2.94. The molecule has 0 spiro atoms. The van der Waals surface area contributed by atoms with Crippen LogP contribution in [0.3, 0.4) is 0 Å². The van der Waals surface area contributed by atoms with Gasteiger partial charge in [-0.1, -0.05) is 0 Å². The van der Waals surface area contributed by atoms with Crippen LogP contribution in [0.1, 0.15) is 0 Å². The first kappa shape index (κ1) is 12.9. The van der Waals surface area contributed by atoms with Crippen LogP contribution in [0.5, 0.6) is 0 Å². The van der Waals surface area contributed by atoms with Gasteiger partial charge in [-0.05, 0) is 24.3 Å². The summed E-state index contributed by atoms with van der Waals surface area (Å²) < 4.78 is 0. The molecule has 102 valence electrons. The molecule has 0 aliphatic rings. The minimum absolute atomic E-state index is 0.0114. The summed E-state index contributed by atoms with van der Waals surface area (Å²) >= 11 is 0. The van der Waals surface area contributed by atoms with Crippen LogP contribution in [0.2, 0.25) is 0 Å². The fraction of sp³-hybridized carbons (Fsp3) is 0. The van der Waals surface area contributed by atoms with Crippen LogP contribution in [0.4, 0.5) is 5.69 Å². The highest BCUT2D eigenvalue weighted by molar-refractivity contribution is 5.68. The van der Waals surface area contributed by atoms with Gasteiger partial charge in [0.1, 0.15) is 0 Å². The molecular formula is C15H10N4O2. The van der Waals surface area contributed by atoms with Gasteiger partial charge in [0, 0.05) is 48.0 Å². The van der Waals surface area contributed by atoms with Crippen molar-refractivity contribution >= 4 is 5.69 Å². The van der Waals surface area contributed by atoms with Crippen molar-refractivity contribution in [3.63, 3.8) is 0 Å². The molecule has 0 fully saturated rings. The van der Waals surface area contributed by atoms with E-state index < -0.39 is 4.92 Å². The number of hydrogen-bond donors (Lipinski definition) is 0. The fourth-order valence-corrected chi connectivity index (χ4v) is 1.95. The molecule has 0 aliphatic heterocycles. The number of aromatic nitrogens is 3. The molecule has 3 rings (SSSR count). The average molecular weight is 278 g/mol. The SMILES string of the molecule is O=[N+]([O-])c1cc(-c2cccnc2)nc(-c2cccnc2)c1. The second-order valence-electron chi connectivity index (χ2n) is 4.34. The van der Waals surface area contributed by atoms with Crippen molar-refractivity contribution in [2.75, 3.05) is 0 Å². The molecule has 0 saturated carbocycles. The van der Waals surface area contributed by atoms with Crippen molar-refractivity contribution in [2.45, 2.75) is 0 Å². The Balaban J connectivity index is 2.18. The van der Waals surface area contributed by atoms with Crippen LogP contribution in [0.15, 0.2) is 61.2 Å². The van der Waals surface area contributed by atoms with Crippen molar-refractivity contribution in [2.24, 2.45) is 0 Å². The van der Waals surface area contributed by atoms with E-state index in [4.69, 9.17) is 0 Å². The summed E-state index contributed by atoms with van der Waals surface area (Å²) in [5, 5.41) is 11.1. The van der Waals surface area contributed by atoms with Crippen molar-refractivity contribution in [3.8, 4) is 22.5 Å². The zero-order chi connectivity index (χ0) is 14.7. The van der Waals surface area contributed by atoms with E-state index >= 15 is 0 Å². The summed E-state index contributed by atoms with van der Waals surface area (Å²) in [4.78, 5) is 23.2. The predicted octanol–water partition coefficient (Wildman–Crippen LogP) is 3.11. The topological polar surface area (TPSA) is 81.8 Å². The molecule has 0 saturated heterocycles. The van der Waals surface area contributed by atoms with Crippen molar-refractivity contribution < 1.29 is 4.92 Å². The maximum Gasteiger partial charge on any atom is 0.273 e. The summed E-state index contributed by atoms with van der Waals surface area (Å²) in [5.74, 6) is 0. The summed E-state index contributed by atoms with van der Waals surface area (Å²) in [7, 11) is 0. The summed E-state index contributed by atoms with van der Waals surface area (Å²) in [5.41, 5.74) is 2.47. The van der Waals surface area contributed by atoms with Gasteiger partial charge in [0.2, 0.25) is 0 Å². The average Bonchev–Trinajstić information content (AvgIpc) is 2.56. The Hall–Kier alpha value is -3.15. The zero-order valence-corrected chi connectivity index (χ0v) is 10.9. The van der Waals surface area contributed by atoms with Crippen molar-refractivity contribution in [1.29, 1.82) is 0 Å². The molecule has 0 aliphatic carbocycles. The Kier molecular flexibility index (Phi) is 3.34. The highest BCUT2D eigenvalue weighted by Gasteiger charge is 2.13. The van der Waals surface area contributed by atoms with Gasteiger partial charge in [-0.3, -0.25) is 20.1 Å². The van der Waals surface area contributed by atoms with Crippen LogP contribution in [0, 0.1) is 10.1 Å².